The van der Waals surface area contributed by atoms with Crippen LogP contribution in [0.2, 0.25) is 0 Å². The first-order chi connectivity index (χ1) is 11.7. The molecule has 0 aliphatic carbocycles. The van der Waals surface area contributed by atoms with E-state index in [9.17, 15) is 22.4 Å². The van der Waals surface area contributed by atoms with Crippen molar-refractivity contribution in [3.8, 4) is 0 Å². The number of aldehydes is 1. The van der Waals surface area contributed by atoms with Gasteiger partial charge in [0.1, 0.15) is 18.1 Å². The number of rotatable bonds is 10. The van der Waals surface area contributed by atoms with Crippen LogP contribution in [-0.2, 0) is 19.6 Å². The van der Waals surface area contributed by atoms with E-state index in [2.05, 4.69) is 10.0 Å². The van der Waals surface area contributed by atoms with E-state index >= 15 is 0 Å². The molecule has 1 aromatic rings. The average molecular weight is 372 g/mol. The average Bonchev–Trinajstić information content (AvgIpc) is 2.53. The first-order valence-electron chi connectivity index (χ1n) is 8.23. The Balaban J connectivity index is 2.89. The van der Waals surface area contributed by atoms with Gasteiger partial charge in [0.2, 0.25) is 15.9 Å². The van der Waals surface area contributed by atoms with Gasteiger partial charge in [-0.2, -0.15) is 4.72 Å². The molecule has 0 saturated heterocycles. The number of carbonyl (C=O) groups excluding carboxylic acids is 2. The number of sulfonamides is 1. The Morgan fingerprint density at radius 3 is 2.32 bits per heavy atom. The summed E-state index contributed by atoms with van der Waals surface area (Å²) in [7, 11) is -3.97. The monoisotopic (exact) mass is 372 g/mol. The Hall–Kier alpha value is -1.80. The van der Waals surface area contributed by atoms with Crippen LogP contribution in [0.5, 0.6) is 0 Å². The first-order valence-corrected chi connectivity index (χ1v) is 9.71. The maximum absolute atomic E-state index is 13.0. The minimum Gasteiger partial charge on any atom is -0.345 e. The van der Waals surface area contributed by atoms with E-state index in [4.69, 9.17) is 0 Å². The van der Waals surface area contributed by atoms with Gasteiger partial charge in [-0.05, 0) is 43.0 Å². The molecule has 0 aromatic heterocycles. The molecule has 0 unspecified atom stereocenters. The third kappa shape index (κ3) is 6.91. The Morgan fingerprint density at radius 2 is 1.84 bits per heavy atom. The normalized spacial score (nSPS) is 14.1. The van der Waals surface area contributed by atoms with E-state index in [1.165, 1.54) is 0 Å². The molecule has 0 fully saturated rings. The summed E-state index contributed by atoms with van der Waals surface area (Å²) in [6.07, 6.45) is 1.97. The van der Waals surface area contributed by atoms with Crippen molar-refractivity contribution in [2.24, 2.45) is 5.92 Å². The van der Waals surface area contributed by atoms with Gasteiger partial charge in [-0.15, -0.1) is 0 Å². The highest BCUT2D eigenvalue weighted by atomic mass is 32.2. The van der Waals surface area contributed by atoms with Gasteiger partial charge >= 0.3 is 0 Å². The predicted molar refractivity (Wildman–Crippen MR) is 92.9 cm³/mol. The van der Waals surface area contributed by atoms with Crippen molar-refractivity contribution in [2.45, 2.75) is 57.0 Å². The Labute approximate surface area is 148 Å². The second-order valence-corrected chi connectivity index (χ2v) is 8.01. The molecule has 140 valence electrons. The minimum atomic E-state index is -3.97. The molecule has 0 bridgehead atoms. The zero-order valence-electron chi connectivity index (χ0n) is 14.7. The van der Waals surface area contributed by atoms with E-state index in [-0.39, 0.29) is 17.2 Å². The summed E-state index contributed by atoms with van der Waals surface area (Å²) in [4.78, 5) is 23.4. The quantitative estimate of drug-likeness (QED) is 0.615. The Morgan fingerprint density at radius 1 is 1.24 bits per heavy atom. The highest BCUT2D eigenvalue weighted by molar-refractivity contribution is 7.89. The van der Waals surface area contributed by atoms with E-state index in [1.807, 2.05) is 20.8 Å². The van der Waals surface area contributed by atoms with Crippen LogP contribution in [-0.4, -0.2) is 32.7 Å². The third-order valence-corrected chi connectivity index (χ3v) is 5.02. The molecule has 2 N–H and O–H groups in total. The molecule has 0 radical (unpaired) electrons. The van der Waals surface area contributed by atoms with Gasteiger partial charge in [0.25, 0.3) is 0 Å². The van der Waals surface area contributed by atoms with Gasteiger partial charge in [0.15, 0.2) is 0 Å². The molecular weight excluding hydrogens is 347 g/mol. The van der Waals surface area contributed by atoms with Crippen molar-refractivity contribution < 1.29 is 22.4 Å². The summed E-state index contributed by atoms with van der Waals surface area (Å²) in [5, 5.41) is 2.57. The zero-order valence-corrected chi connectivity index (χ0v) is 15.5. The summed E-state index contributed by atoms with van der Waals surface area (Å²) < 4.78 is 40.1. The molecule has 0 spiro atoms. The fourth-order valence-electron chi connectivity index (χ4n) is 2.34. The van der Waals surface area contributed by atoms with E-state index in [0.717, 1.165) is 24.3 Å². The van der Waals surface area contributed by atoms with Crippen LogP contribution in [0, 0.1) is 11.7 Å². The van der Waals surface area contributed by atoms with Crippen LogP contribution < -0.4 is 10.0 Å². The van der Waals surface area contributed by atoms with Crippen molar-refractivity contribution in [1.29, 1.82) is 0 Å². The molecule has 1 aromatic carbocycles. The number of carbonyl (C=O) groups is 2. The minimum absolute atomic E-state index is 0.128. The van der Waals surface area contributed by atoms with Crippen molar-refractivity contribution >= 4 is 22.2 Å². The summed E-state index contributed by atoms with van der Waals surface area (Å²) in [6, 6.07) is 2.66. The maximum atomic E-state index is 13.0. The van der Waals surface area contributed by atoms with Crippen LogP contribution in [0.15, 0.2) is 29.2 Å². The van der Waals surface area contributed by atoms with Crippen LogP contribution in [0.1, 0.15) is 40.0 Å². The number of hydrogen-bond donors (Lipinski definition) is 2. The molecular formula is C17H25FN2O4S. The third-order valence-electron chi connectivity index (χ3n) is 3.53. The topological polar surface area (TPSA) is 92.3 Å². The molecule has 8 heteroatoms. The summed E-state index contributed by atoms with van der Waals surface area (Å²) in [5.74, 6) is -0.898. The molecule has 2 atom stereocenters. The molecule has 0 aliphatic heterocycles. The number of benzene rings is 1. The SMILES string of the molecule is CCC[C@H](NS(=O)(=O)c1ccc(F)cc1)C(=O)N[C@H](C=O)CC(C)C. The number of halogens is 1. The van der Waals surface area contributed by atoms with Crippen LogP contribution in [0.3, 0.4) is 0 Å². The van der Waals surface area contributed by atoms with Crippen LogP contribution >= 0.6 is 0 Å². The van der Waals surface area contributed by atoms with Crippen molar-refractivity contribution in [1.82, 2.24) is 10.0 Å². The van der Waals surface area contributed by atoms with Crippen LogP contribution in [0.4, 0.5) is 4.39 Å². The van der Waals surface area contributed by atoms with Gasteiger partial charge in [-0.3, -0.25) is 4.79 Å². The second-order valence-electron chi connectivity index (χ2n) is 6.30. The lowest BCUT2D eigenvalue weighted by Gasteiger charge is -2.21. The van der Waals surface area contributed by atoms with E-state index in [1.54, 1.807) is 0 Å². The van der Waals surface area contributed by atoms with Crippen LogP contribution in [0.25, 0.3) is 0 Å². The summed E-state index contributed by atoms with van der Waals surface area (Å²) >= 11 is 0. The van der Waals surface area contributed by atoms with Gasteiger partial charge in [0.05, 0.1) is 10.9 Å². The van der Waals surface area contributed by atoms with Gasteiger partial charge in [0, 0.05) is 0 Å². The standard InChI is InChI=1S/C17H25FN2O4S/c1-4-5-16(17(22)19-14(11-21)10-12(2)3)20-25(23,24)15-8-6-13(18)7-9-15/h6-9,11-12,14,16,20H,4-5,10H2,1-3H3,(H,19,22)/t14-,16-/m0/s1. The van der Waals surface area contributed by atoms with Gasteiger partial charge in [-0.1, -0.05) is 27.2 Å². The lowest BCUT2D eigenvalue weighted by Crippen LogP contribution is -2.50. The number of amides is 1. The fourth-order valence-corrected chi connectivity index (χ4v) is 3.57. The van der Waals surface area contributed by atoms with E-state index in [0.29, 0.717) is 19.1 Å². The molecule has 0 heterocycles. The second kappa shape index (κ2) is 9.62. The lowest BCUT2D eigenvalue weighted by molar-refractivity contribution is -0.125. The van der Waals surface area contributed by atoms with E-state index < -0.39 is 33.8 Å². The summed E-state index contributed by atoms with van der Waals surface area (Å²) in [6.45, 7) is 5.66. The molecule has 1 amide bonds. The molecule has 25 heavy (non-hydrogen) atoms. The molecule has 0 saturated carbocycles. The predicted octanol–water partition coefficient (Wildman–Crippen LogP) is 2.00. The lowest BCUT2D eigenvalue weighted by atomic mass is 10.0. The van der Waals surface area contributed by atoms with Gasteiger partial charge in [-0.25, -0.2) is 12.8 Å². The molecule has 1 rings (SSSR count). The largest absolute Gasteiger partial charge is 0.345 e. The van der Waals surface area contributed by atoms with Crippen molar-refractivity contribution in [2.75, 3.05) is 0 Å². The summed E-state index contributed by atoms with van der Waals surface area (Å²) in [5.41, 5.74) is 0. The Bertz CT molecular complexity index is 674. The number of nitrogens with one attached hydrogen (secondary N) is 2. The molecule has 6 nitrogen and oxygen atoms in total. The highest BCUT2D eigenvalue weighted by Gasteiger charge is 2.26. The zero-order chi connectivity index (χ0) is 19.0. The molecule has 0 aliphatic rings. The Kier molecular flexibility index (Phi) is 8.18. The number of hydrogen-bond acceptors (Lipinski definition) is 4. The van der Waals surface area contributed by atoms with Crippen molar-refractivity contribution in [3.63, 3.8) is 0 Å². The fraction of sp³-hybridized carbons (Fsp3) is 0.529. The van der Waals surface area contributed by atoms with Crippen molar-refractivity contribution in [3.05, 3.63) is 30.1 Å². The van der Waals surface area contributed by atoms with Gasteiger partial charge < -0.3 is 10.1 Å². The smallest absolute Gasteiger partial charge is 0.241 e. The highest BCUT2D eigenvalue weighted by Crippen LogP contribution is 2.12. The first kappa shape index (κ1) is 21.2. The maximum Gasteiger partial charge on any atom is 0.241 e.